The predicted molar refractivity (Wildman–Crippen MR) is 77.9 cm³/mol. The highest BCUT2D eigenvalue weighted by Gasteiger charge is 2.23. The molecular formula is C16H22N2. The third-order valence-corrected chi connectivity index (χ3v) is 3.51. The van der Waals surface area contributed by atoms with Crippen molar-refractivity contribution in [3.05, 3.63) is 22.8 Å². The van der Waals surface area contributed by atoms with Gasteiger partial charge in [0.2, 0.25) is 0 Å². The summed E-state index contributed by atoms with van der Waals surface area (Å²) in [6, 6.07) is 5.13. The predicted octanol–water partition coefficient (Wildman–Crippen LogP) is 5.51. The van der Waals surface area contributed by atoms with Gasteiger partial charge in [-0.3, -0.25) is 0 Å². The second kappa shape index (κ2) is 4.70. The molecule has 1 aromatic rings. The van der Waals surface area contributed by atoms with E-state index in [2.05, 4.69) is 63.6 Å². The molecule has 0 spiro atoms. The van der Waals surface area contributed by atoms with Gasteiger partial charge >= 0.3 is 0 Å². The SMILES string of the molecule is CC(C)c1cc(C(C)C)c2c(C(C)C)c1N=C=N2. The van der Waals surface area contributed by atoms with Crippen LogP contribution in [0.3, 0.4) is 0 Å². The second-order valence-corrected chi connectivity index (χ2v) is 5.95. The van der Waals surface area contributed by atoms with Crippen LogP contribution in [0.1, 0.15) is 76.0 Å². The molecule has 1 aliphatic heterocycles. The Hall–Kier alpha value is -1.40. The van der Waals surface area contributed by atoms with Gasteiger partial charge in [0.1, 0.15) is 6.01 Å². The van der Waals surface area contributed by atoms with Gasteiger partial charge < -0.3 is 0 Å². The Morgan fingerprint density at radius 2 is 1.22 bits per heavy atom. The zero-order valence-corrected chi connectivity index (χ0v) is 12.2. The Morgan fingerprint density at radius 3 is 1.56 bits per heavy atom. The monoisotopic (exact) mass is 242 g/mol. The van der Waals surface area contributed by atoms with Crippen LogP contribution in [0.2, 0.25) is 0 Å². The summed E-state index contributed by atoms with van der Waals surface area (Å²) in [6.45, 7) is 13.3. The average Bonchev–Trinajstić information content (AvgIpc) is 2.27. The summed E-state index contributed by atoms with van der Waals surface area (Å²) in [6.07, 6.45) is 0. The largest absolute Gasteiger partial charge is 0.187 e. The van der Waals surface area contributed by atoms with Crippen molar-refractivity contribution in [2.75, 3.05) is 0 Å². The van der Waals surface area contributed by atoms with Crippen molar-refractivity contribution in [1.29, 1.82) is 0 Å². The number of benzene rings is 1. The number of aliphatic imine (C=N–C) groups is 2. The highest BCUT2D eigenvalue weighted by Crippen LogP contribution is 2.46. The Labute approximate surface area is 110 Å². The Bertz CT molecular complexity index is 492. The van der Waals surface area contributed by atoms with Gasteiger partial charge in [0.05, 0.1) is 11.4 Å². The number of rotatable bonds is 3. The maximum atomic E-state index is 4.41. The van der Waals surface area contributed by atoms with Crippen LogP contribution in [0.25, 0.3) is 0 Å². The molecule has 1 aliphatic rings. The smallest absolute Gasteiger partial charge is 0.101 e. The van der Waals surface area contributed by atoms with E-state index in [1.807, 2.05) is 0 Å². The molecule has 0 saturated heterocycles. The summed E-state index contributed by atoms with van der Waals surface area (Å²) < 4.78 is 0. The minimum atomic E-state index is 0.445. The molecule has 0 N–H and O–H groups in total. The summed E-state index contributed by atoms with van der Waals surface area (Å²) >= 11 is 0. The molecule has 2 bridgehead atoms. The number of hydrogen-bond donors (Lipinski definition) is 0. The standard InChI is InChI=1S/C16H22N2/c1-9(2)12-7-13(10(3)4)16-14(11(5)6)15(12)17-8-18-16/h7,9-11H,1-6H3. The number of hydrogen-bond acceptors (Lipinski definition) is 2. The summed E-state index contributed by atoms with van der Waals surface area (Å²) in [5.41, 5.74) is 6.16. The fraction of sp³-hybridized carbons (Fsp3) is 0.562. The van der Waals surface area contributed by atoms with Gasteiger partial charge in [-0.05, 0) is 28.9 Å². The summed E-state index contributed by atoms with van der Waals surface area (Å²) in [5.74, 6) is 1.40. The van der Waals surface area contributed by atoms with Gasteiger partial charge in [0.25, 0.3) is 0 Å². The first kappa shape index (κ1) is 13.0. The first-order valence-electron chi connectivity index (χ1n) is 6.80. The van der Waals surface area contributed by atoms with Crippen molar-refractivity contribution in [1.82, 2.24) is 0 Å². The van der Waals surface area contributed by atoms with Crippen molar-refractivity contribution in [2.24, 2.45) is 9.98 Å². The Kier molecular flexibility index (Phi) is 3.41. The Balaban J connectivity index is 2.81. The fourth-order valence-corrected chi connectivity index (χ4v) is 2.53. The maximum absolute atomic E-state index is 4.41. The molecule has 1 heterocycles. The van der Waals surface area contributed by atoms with Crippen molar-refractivity contribution in [2.45, 2.75) is 59.3 Å². The van der Waals surface area contributed by atoms with E-state index < -0.39 is 0 Å². The molecule has 2 nitrogen and oxygen atoms in total. The fourth-order valence-electron chi connectivity index (χ4n) is 2.53. The van der Waals surface area contributed by atoms with Crippen molar-refractivity contribution in [3.63, 3.8) is 0 Å². The zero-order valence-electron chi connectivity index (χ0n) is 12.2. The van der Waals surface area contributed by atoms with E-state index in [-0.39, 0.29) is 0 Å². The third-order valence-electron chi connectivity index (χ3n) is 3.51. The molecule has 1 aromatic carbocycles. The lowest BCUT2D eigenvalue weighted by Crippen LogP contribution is -2.03. The van der Waals surface area contributed by atoms with Crippen LogP contribution in [-0.2, 0) is 0 Å². The first-order chi connectivity index (χ1) is 8.43. The number of fused-ring (bicyclic) bond motifs is 2. The Morgan fingerprint density at radius 1 is 0.778 bits per heavy atom. The van der Waals surface area contributed by atoms with E-state index in [1.165, 1.54) is 16.7 Å². The lowest BCUT2D eigenvalue weighted by Gasteiger charge is -2.23. The second-order valence-electron chi connectivity index (χ2n) is 5.95. The van der Waals surface area contributed by atoms with Crippen LogP contribution in [0, 0.1) is 0 Å². The van der Waals surface area contributed by atoms with E-state index in [9.17, 15) is 0 Å². The van der Waals surface area contributed by atoms with Gasteiger partial charge in [-0.15, -0.1) is 0 Å². The lowest BCUT2D eigenvalue weighted by atomic mass is 9.85. The van der Waals surface area contributed by atoms with Crippen LogP contribution in [0.15, 0.2) is 16.1 Å². The molecule has 96 valence electrons. The molecule has 0 radical (unpaired) electrons. The van der Waals surface area contributed by atoms with Crippen LogP contribution in [0.5, 0.6) is 0 Å². The van der Waals surface area contributed by atoms with E-state index >= 15 is 0 Å². The van der Waals surface area contributed by atoms with Gasteiger partial charge in [0.15, 0.2) is 0 Å². The van der Waals surface area contributed by atoms with Crippen LogP contribution in [-0.4, -0.2) is 6.01 Å². The van der Waals surface area contributed by atoms with E-state index in [0.29, 0.717) is 17.8 Å². The van der Waals surface area contributed by atoms with Gasteiger partial charge in [-0.25, -0.2) is 0 Å². The summed E-state index contributed by atoms with van der Waals surface area (Å²) in [4.78, 5) is 8.82. The molecule has 0 unspecified atom stereocenters. The van der Waals surface area contributed by atoms with Gasteiger partial charge in [-0.1, -0.05) is 47.6 Å². The normalized spacial score (nSPS) is 13.2. The van der Waals surface area contributed by atoms with Crippen LogP contribution < -0.4 is 0 Å². The first-order valence-corrected chi connectivity index (χ1v) is 6.80. The zero-order chi connectivity index (χ0) is 13.4. The van der Waals surface area contributed by atoms with E-state index in [0.717, 1.165) is 11.4 Å². The molecule has 0 saturated carbocycles. The molecule has 0 atom stereocenters. The van der Waals surface area contributed by atoms with E-state index in [4.69, 9.17) is 0 Å². The minimum absolute atomic E-state index is 0.445. The van der Waals surface area contributed by atoms with Crippen LogP contribution in [0.4, 0.5) is 11.4 Å². The molecule has 2 rings (SSSR count). The minimum Gasteiger partial charge on any atom is -0.187 e. The van der Waals surface area contributed by atoms with Crippen molar-refractivity contribution in [3.8, 4) is 0 Å². The highest BCUT2D eigenvalue weighted by atomic mass is 14.9. The quantitative estimate of drug-likeness (QED) is 0.678. The molecule has 2 heteroatoms. The highest BCUT2D eigenvalue weighted by molar-refractivity contribution is 5.78. The summed E-state index contributed by atoms with van der Waals surface area (Å²) in [5, 5.41) is 0. The molecule has 0 aromatic heterocycles. The van der Waals surface area contributed by atoms with Crippen molar-refractivity contribution < 1.29 is 0 Å². The van der Waals surface area contributed by atoms with E-state index in [1.54, 1.807) is 0 Å². The third kappa shape index (κ3) is 2.02. The van der Waals surface area contributed by atoms with Gasteiger partial charge in [0, 0.05) is 5.56 Å². The average molecular weight is 242 g/mol. The summed E-state index contributed by atoms with van der Waals surface area (Å²) in [7, 11) is 0. The molecular weight excluding hydrogens is 220 g/mol. The molecule has 18 heavy (non-hydrogen) atoms. The maximum Gasteiger partial charge on any atom is 0.101 e. The topological polar surface area (TPSA) is 24.7 Å². The molecule has 0 fully saturated rings. The van der Waals surface area contributed by atoms with Gasteiger partial charge in [-0.2, -0.15) is 9.98 Å². The van der Waals surface area contributed by atoms with Crippen LogP contribution >= 0.6 is 0 Å². The van der Waals surface area contributed by atoms with Crippen molar-refractivity contribution >= 4 is 17.4 Å². The molecule has 0 aliphatic carbocycles. The lowest BCUT2D eigenvalue weighted by molar-refractivity contribution is 0.804. The number of nitrogens with zero attached hydrogens (tertiary/aromatic N) is 2. The molecule has 0 amide bonds.